The molecule has 0 radical (unpaired) electrons. The van der Waals surface area contributed by atoms with Crippen LogP contribution in [-0.2, 0) is 15.7 Å². The van der Waals surface area contributed by atoms with Crippen molar-refractivity contribution in [2.45, 2.75) is 19.2 Å². The van der Waals surface area contributed by atoms with Crippen LogP contribution in [0.3, 0.4) is 0 Å². The van der Waals surface area contributed by atoms with Gasteiger partial charge >= 0.3 is 12.1 Å². The van der Waals surface area contributed by atoms with Crippen molar-refractivity contribution in [1.29, 1.82) is 0 Å². The Bertz CT molecular complexity index is 879. The number of halogens is 3. The van der Waals surface area contributed by atoms with E-state index in [1.807, 2.05) is 0 Å². The average Bonchev–Trinajstić information content (AvgIpc) is 3.06. The fraction of sp³-hybridized carbons (Fsp3) is 0.353. The second kappa shape index (κ2) is 7.03. The Morgan fingerprint density at radius 2 is 2.00 bits per heavy atom. The van der Waals surface area contributed by atoms with E-state index in [1.54, 1.807) is 25.1 Å². The summed E-state index contributed by atoms with van der Waals surface area (Å²) in [6.45, 7) is 1.23. The highest BCUT2D eigenvalue weighted by Gasteiger charge is 2.42. The Morgan fingerprint density at radius 3 is 2.63 bits per heavy atom. The van der Waals surface area contributed by atoms with Crippen molar-refractivity contribution in [3.05, 3.63) is 47.3 Å². The molecule has 3 rings (SSSR count). The molecule has 0 saturated carbocycles. The van der Waals surface area contributed by atoms with E-state index in [9.17, 15) is 22.8 Å². The summed E-state index contributed by atoms with van der Waals surface area (Å²) < 4.78 is 46.9. The molecule has 7 nitrogen and oxygen atoms in total. The van der Waals surface area contributed by atoms with E-state index in [2.05, 4.69) is 5.10 Å². The molecular formula is C17H16F3N3O4. The average molecular weight is 383 g/mol. The van der Waals surface area contributed by atoms with Crippen LogP contribution in [0.1, 0.15) is 21.6 Å². The van der Waals surface area contributed by atoms with E-state index in [0.717, 1.165) is 11.1 Å². The highest BCUT2D eigenvalue weighted by Crippen LogP contribution is 2.35. The lowest BCUT2D eigenvalue weighted by Crippen LogP contribution is -2.48. The zero-order chi connectivity index (χ0) is 19.8. The molecule has 1 aliphatic heterocycles. The number of aryl methyl sites for hydroxylation is 1. The van der Waals surface area contributed by atoms with Gasteiger partial charge in [0.2, 0.25) is 0 Å². The largest absolute Gasteiger partial charge is 0.479 e. The van der Waals surface area contributed by atoms with Crippen LogP contribution in [0.25, 0.3) is 5.69 Å². The molecule has 0 spiro atoms. The van der Waals surface area contributed by atoms with Gasteiger partial charge in [-0.25, -0.2) is 9.48 Å². The molecule has 1 amide bonds. The van der Waals surface area contributed by atoms with Gasteiger partial charge in [-0.1, -0.05) is 18.2 Å². The van der Waals surface area contributed by atoms with Crippen molar-refractivity contribution in [3.8, 4) is 5.69 Å². The first-order valence-corrected chi connectivity index (χ1v) is 8.05. The number of benzene rings is 1. The molecule has 1 atom stereocenters. The minimum atomic E-state index is -4.83. The topological polar surface area (TPSA) is 84.7 Å². The van der Waals surface area contributed by atoms with Crippen molar-refractivity contribution < 1.29 is 32.6 Å². The molecule has 2 heterocycles. The number of carboxylic acid groups (broad SMARTS) is 1. The minimum Gasteiger partial charge on any atom is -0.479 e. The number of hydrogen-bond acceptors (Lipinski definition) is 4. The number of carbonyl (C=O) groups is 2. The number of aliphatic carboxylic acids is 1. The van der Waals surface area contributed by atoms with Crippen molar-refractivity contribution in [2.24, 2.45) is 0 Å². The zero-order valence-corrected chi connectivity index (χ0v) is 14.2. The summed E-state index contributed by atoms with van der Waals surface area (Å²) in [5.41, 5.74) is -1.06. The van der Waals surface area contributed by atoms with Gasteiger partial charge in [0.25, 0.3) is 5.91 Å². The summed E-state index contributed by atoms with van der Waals surface area (Å²) in [6.07, 6.45) is -5.24. The number of morpholine rings is 1. The minimum absolute atomic E-state index is 0.00451. The molecule has 1 fully saturated rings. The number of aromatic nitrogens is 2. The van der Waals surface area contributed by atoms with Crippen molar-refractivity contribution in [2.75, 3.05) is 19.7 Å². The molecule has 2 aromatic rings. The summed E-state index contributed by atoms with van der Waals surface area (Å²) in [5.74, 6) is -2.21. The van der Waals surface area contributed by atoms with Gasteiger partial charge in [-0.3, -0.25) is 4.79 Å². The molecule has 144 valence electrons. The number of carboxylic acids is 1. The molecule has 10 heteroatoms. The smallest absolute Gasteiger partial charge is 0.434 e. The summed E-state index contributed by atoms with van der Waals surface area (Å²) in [6, 6.07) is 6.37. The van der Waals surface area contributed by atoms with Crippen LogP contribution in [0.2, 0.25) is 0 Å². The van der Waals surface area contributed by atoms with Crippen LogP contribution in [0.15, 0.2) is 30.5 Å². The van der Waals surface area contributed by atoms with Gasteiger partial charge in [-0.15, -0.1) is 0 Å². The third-order valence-corrected chi connectivity index (χ3v) is 4.24. The van der Waals surface area contributed by atoms with Crippen LogP contribution in [0.4, 0.5) is 13.2 Å². The van der Waals surface area contributed by atoms with E-state index < -0.39 is 35.4 Å². The molecule has 27 heavy (non-hydrogen) atoms. The van der Waals surface area contributed by atoms with Gasteiger partial charge in [0.05, 0.1) is 30.6 Å². The normalized spacial score (nSPS) is 17.8. The molecule has 0 aliphatic carbocycles. The van der Waals surface area contributed by atoms with Crippen LogP contribution >= 0.6 is 0 Å². The summed E-state index contributed by atoms with van der Waals surface area (Å²) in [5, 5.41) is 12.8. The van der Waals surface area contributed by atoms with E-state index in [0.29, 0.717) is 10.2 Å². The first kappa shape index (κ1) is 18.9. The summed E-state index contributed by atoms with van der Waals surface area (Å²) in [4.78, 5) is 24.8. The standard InChI is InChI=1S/C17H16F3N3O4/c1-10-4-2-3-5-12(10)23-14(17(18,19)20)11(8-21-23)15(24)22-6-7-27-13(9-22)16(25)26/h2-5,8,13H,6-7,9H2,1H3,(H,25,26)/t13-/m1/s1. The number of para-hydroxylation sites is 1. The summed E-state index contributed by atoms with van der Waals surface area (Å²) >= 11 is 0. The molecule has 1 saturated heterocycles. The van der Waals surface area contributed by atoms with E-state index in [-0.39, 0.29) is 25.4 Å². The maximum absolute atomic E-state index is 13.7. The molecule has 0 unspecified atom stereocenters. The number of ether oxygens (including phenoxy) is 1. The van der Waals surface area contributed by atoms with Crippen LogP contribution < -0.4 is 0 Å². The van der Waals surface area contributed by atoms with Crippen molar-refractivity contribution in [3.63, 3.8) is 0 Å². The molecular weight excluding hydrogens is 367 g/mol. The predicted octanol–water partition coefficient (Wildman–Crippen LogP) is 2.13. The first-order chi connectivity index (χ1) is 12.7. The monoisotopic (exact) mass is 383 g/mol. The summed E-state index contributed by atoms with van der Waals surface area (Å²) in [7, 11) is 0. The Kier molecular flexibility index (Phi) is 4.92. The van der Waals surface area contributed by atoms with Gasteiger partial charge < -0.3 is 14.7 Å². The number of hydrogen-bond donors (Lipinski definition) is 1. The second-order valence-corrected chi connectivity index (χ2v) is 6.05. The zero-order valence-electron chi connectivity index (χ0n) is 14.2. The Labute approximate surface area is 151 Å². The fourth-order valence-corrected chi connectivity index (χ4v) is 2.91. The number of rotatable bonds is 3. The van der Waals surface area contributed by atoms with Gasteiger partial charge in [0, 0.05) is 6.54 Å². The quantitative estimate of drug-likeness (QED) is 0.878. The van der Waals surface area contributed by atoms with Gasteiger partial charge in [-0.05, 0) is 18.6 Å². The van der Waals surface area contributed by atoms with Crippen molar-refractivity contribution in [1.82, 2.24) is 14.7 Å². The lowest BCUT2D eigenvalue weighted by molar-refractivity contribution is -0.154. The molecule has 0 bridgehead atoms. The fourth-order valence-electron chi connectivity index (χ4n) is 2.91. The SMILES string of the molecule is Cc1ccccc1-n1ncc(C(=O)N2CCO[C@@H](C(=O)O)C2)c1C(F)(F)F. The van der Waals surface area contributed by atoms with Gasteiger partial charge in [0.15, 0.2) is 11.8 Å². The highest BCUT2D eigenvalue weighted by atomic mass is 19.4. The first-order valence-electron chi connectivity index (χ1n) is 8.05. The van der Waals surface area contributed by atoms with E-state index in [1.165, 1.54) is 6.07 Å². The van der Waals surface area contributed by atoms with Crippen LogP contribution in [-0.4, -0.2) is 57.5 Å². The number of carbonyl (C=O) groups excluding carboxylic acids is 1. The number of alkyl halides is 3. The lowest BCUT2D eigenvalue weighted by atomic mass is 10.1. The molecule has 1 N–H and O–H groups in total. The van der Waals surface area contributed by atoms with Gasteiger partial charge in [0.1, 0.15) is 0 Å². The second-order valence-electron chi connectivity index (χ2n) is 6.05. The van der Waals surface area contributed by atoms with Crippen LogP contribution in [0.5, 0.6) is 0 Å². The highest BCUT2D eigenvalue weighted by molar-refractivity contribution is 5.96. The maximum Gasteiger partial charge on any atom is 0.434 e. The number of nitrogens with zero attached hydrogens (tertiary/aromatic N) is 3. The lowest BCUT2D eigenvalue weighted by Gasteiger charge is -2.31. The Balaban J connectivity index is 2.02. The molecule has 1 aromatic heterocycles. The molecule has 1 aliphatic rings. The predicted molar refractivity (Wildman–Crippen MR) is 86.6 cm³/mol. The van der Waals surface area contributed by atoms with Crippen molar-refractivity contribution >= 4 is 11.9 Å². The number of amides is 1. The Hall–Kier alpha value is -2.88. The van der Waals surface area contributed by atoms with E-state index >= 15 is 0 Å². The van der Waals surface area contributed by atoms with E-state index in [4.69, 9.17) is 9.84 Å². The van der Waals surface area contributed by atoms with Gasteiger partial charge in [-0.2, -0.15) is 18.3 Å². The molecule has 1 aromatic carbocycles. The van der Waals surface area contributed by atoms with Crippen LogP contribution in [0, 0.1) is 6.92 Å². The third-order valence-electron chi connectivity index (χ3n) is 4.24. The maximum atomic E-state index is 13.7. The Morgan fingerprint density at radius 1 is 1.30 bits per heavy atom. The third kappa shape index (κ3) is 3.65.